The Morgan fingerprint density at radius 1 is 1.17 bits per heavy atom. The molecule has 0 aliphatic carbocycles. The Hall–Kier alpha value is -2.25. The largest absolute Gasteiger partial charge is 0.477 e. The highest BCUT2D eigenvalue weighted by Crippen LogP contribution is 2.41. The molecule has 7 heteroatoms. The molecule has 0 saturated carbocycles. The van der Waals surface area contributed by atoms with Crippen molar-refractivity contribution in [3.8, 4) is 0 Å². The van der Waals surface area contributed by atoms with Crippen LogP contribution in [0.5, 0.6) is 0 Å². The summed E-state index contributed by atoms with van der Waals surface area (Å²) in [5.74, 6) is -2.86. The van der Waals surface area contributed by atoms with Gasteiger partial charge in [-0.3, -0.25) is 4.48 Å². The van der Waals surface area contributed by atoms with Crippen molar-refractivity contribution in [1.82, 2.24) is 0 Å². The fourth-order valence-corrected chi connectivity index (χ4v) is 4.39. The van der Waals surface area contributed by atoms with Gasteiger partial charge in [-0.05, 0) is 12.0 Å². The van der Waals surface area contributed by atoms with Crippen LogP contribution >= 0.6 is 0 Å². The van der Waals surface area contributed by atoms with Crippen LogP contribution in [0.4, 0.5) is 0 Å². The van der Waals surface area contributed by atoms with Gasteiger partial charge in [-0.15, -0.1) is 0 Å². The van der Waals surface area contributed by atoms with Crippen molar-refractivity contribution in [2.75, 3.05) is 13.6 Å². The van der Waals surface area contributed by atoms with E-state index in [9.17, 15) is 24.6 Å². The maximum absolute atomic E-state index is 13.6. The molecule has 1 amide bonds. The van der Waals surface area contributed by atoms with E-state index >= 15 is 0 Å². The summed E-state index contributed by atoms with van der Waals surface area (Å²) in [5.41, 5.74) is -2.02. The van der Waals surface area contributed by atoms with Crippen LogP contribution in [0.25, 0.3) is 0 Å². The third kappa shape index (κ3) is 3.76. The Morgan fingerprint density at radius 3 is 2.23 bits per heavy atom. The molecule has 1 aromatic rings. The fourth-order valence-electron chi connectivity index (χ4n) is 4.39. The average molecular weight is 417 g/mol. The van der Waals surface area contributed by atoms with E-state index in [1.165, 1.54) is 14.0 Å². The van der Waals surface area contributed by atoms with E-state index in [2.05, 4.69) is 0 Å². The molecule has 1 aromatic carbocycles. The van der Waals surface area contributed by atoms with Crippen molar-refractivity contribution in [2.24, 2.45) is 0 Å². The zero-order valence-corrected chi connectivity index (χ0v) is 18.2. The number of quaternary nitrogens is 2. The molecule has 162 valence electrons. The summed E-state index contributed by atoms with van der Waals surface area (Å²) in [5, 5.41) is 19.7. The SMILES string of the molecule is [CH][N+]1(C(=O)C(C)(C)[N+]([CH])(C)C(C)(CCc2ccccc2)C(=O)O)CCCC1C(=O)O. The lowest BCUT2D eigenvalue weighted by atomic mass is 9.83. The summed E-state index contributed by atoms with van der Waals surface area (Å²) in [6, 6.07) is 8.36. The molecule has 0 spiro atoms. The first-order valence-electron chi connectivity index (χ1n) is 10.1. The normalized spacial score (nSPS) is 24.3. The number of carbonyl (C=O) groups is 3. The monoisotopic (exact) mass is 416 g/mol. The molecule has 0 bridgehead atoms. The summed E-state index contributed by atoms with van der Waals surface area (Å²) in [6.45, 7) is 4.78. The second kappa shape index (κ2) is 8.12. The number of hydrogen-bond donors (Lipinski definition) is 2. The van der Waals surface area contributed by atoms with E-state index in [-0.39, 0.29) is 19.4 Å². The van der Waals surface area contributed by atoms with Gasteiger partial charge in [0.15, 0.2) is 11.6 Å². The quantitative estimate of drug-likeness (QED) is 0.636. The van der Waals surface area contributed by atoms with E-state index < -0.39 is 43.9 Å². The highest BCUT2D eigenvalue weighted by molar-refractivity contribution is 5.84. The minimum Gasteiger partial charge on any atom is -0.477 e. The summed E-state index contributed by atoms with van der Waals surface area (Å²) >= 11 is 0. The predicted molar refractivity (Wildman–Crippen MR) is 110 cm³/mol. The van der Waals surface area contributed by atoms with Crippen molar-refractivity contribution in [1.29, 1.82) is 0 Å². The Labute approximate surface area is 179 Å². The van der Waals surface area contributed by atoms with E-state index in [0.717, 1.165) is 5.56 Å². The molecule has 1 aliphatic rings. The number of likely N-dealkylation sites (N-methyl/N-ethyl adjacent to an activating group) is 1. The second-order valence-corrected chi connectivity index (χ2v) is 9.15. The summed E-state index contributed by atoms with van der Waals surface area (Å²) < 4.78 is -1.44. The smallest absolute Gasteiger partial charge is 0.375 e. The zero-order valence-electron chi connectivity index (χ0n) is 18.2. The molecule has 2 rings (SSSR count). The van der Waals surface area contributed by atoms with Crippen LogP contribution in [0, 0.1) is 14.1 Å². The first kappa shape index (κ1) is 24.0. The van der Waals surface area contributed by atoms with Gasteiger partial charge in [0.2, 0.25) is 19.6 Å². The van der Waals surface area contributed by atoms with E-state index in [1.807, 2.05) is 30.3 Å². The number of likely N-dealkylation sites (tertiary alicyclic amines) is 1. The maximum Gasteiger partial charge on any atom is 0.375 e. The number of carboxylic acids is 2. The lowest BCUT2D eigenvalue weighted by molar-refractivity contribution is -0.956. The van der Waals surface area contributed by atoms with Crippen molar-refractivity contribution in [3.05, 3.63) is 50.0 Å². The molecule has 0 aromatic heterocycles. The second-order valence-electron chi connectivity index (χ2n) is 9.15. The Bertz CT molecular complexity index is 820. The first-order chi connectivity index (χ1) is 13.7. The first-order valence-corrected chi connectivity index (χ1v) is 10.1. The number of aliphatic carboxylic acids is 2. The number of nitrogens with zero attached hydrogens (tertiary/aromatic N) is 2. The van der Waals surface area contributed by atoms with Crippen molar-refractivity contribution >= 4 is 17.8 Å². The molecule has 1 aliphatic heterocycles. The predicted octanol–water partition coefficient (Wildman–Crippen LogP) is 2.62. The minimum absolute atomic E-state index is 0.174. The van der Waals surface area contributed by atoms with E-state index in [4.69, 9.17) is 14.1 Å². The van der Waals surface area contributed by atoms with E-state index in [0.29, 0.717) is 12.8 Å². The molecule has 1 heterocycles. The molecule has 4 unspecified atom stereocenters. The summed E-state index contributed by atoms with van der Waals surface area (Å²) in [7, 11) is 14.4. The Morgan fingerprint density at radius 2 is 1.73 bits per heavy atom. The van der Waals surface area contributed by atoms with Crippen LogP contribution in [0.2, 0.25) is 0 Å². The van der Waals surface area contributed by atoms with Gasteiger partial charge in [0.05, 0.1) is 13.6 Å². The molecule has 1 saturated heterocycles. The van der Waals surface area contributed by atoms with Gasteiger partial charge in [-0.1, -0.05) is 30.3 Å². The molecular formula is C23H32N2O5+2. The number of carbonyl (C=O) groups excluding carboxylic acids is 1. The number of carboxylic acid groups (broad SMARTS) is 2. The summed E-state index contributed by atoms with van der Waals surface area (Å²) in [4.78, 5) is 37.7. The van der Waals surface area contributed by atoms with Gasteiger partial charge >= 0.3 is 17.8 Å². The van der Waals surface area contributed by atoms with Crippen LogP contribution in [0.3, 0.4) is 0 Å². The van der Waals surface area contributed by atoms with Crippen molar-refractivity contribution in [2.45, 2.75) is 63.6 Å². The average Bonchev–Trinajstić information content (AvgIpc) is 3.08. The molecule has 4 radical (unpaired) electrons. The van der Waals surface area contributed by atoms with Gasteiger partial charge in [0.25, 0.3) is 0 Å². The fraction of sp³-hybridized carbons (Fsp3) is 0.522. The summed E-state index contributed by atoms with van der Waals surface area (Å²) in [6.07, 6.45) is 1.42. The molecule has 4 atom stereocenters. The van der Waals surface area contributed by atoms with Crippen LogP contribution in [0.1, 0.15) is 45.6 Å². The third-order valence-corrected chi connectivity index (χ3v) is 7.14. The van der Waals surface area contributed by atoms with Gasteiger partial charge in [0.1, 0.15) is 0 Å². The van der Waals surface area contributed by atoms with Crippen LogP contribution in [-0.4, -0.2) is 67.7 Å². The molecule has 2 N–H and O–H groups in total. The Kier molecular flexibility index (Phi) is 6.50. The third-order valence-electron chi connectivity index (χ3n) is 7.14. The molecular weight excluding hydrogens is 384 g/mol. The highest BCUT2D eigenvalue weighted by atomic mass is 16.4. The number of hydrogen-bond acceptors (Lipinski definition) is 3. The molecule has 30 heavy (non-hydrogen) atoms. The number of amides is 1. The minimum atomic E-state index is -1.52. The van der Waals surface area contributed by atoms with Crippen molar-refractivity contribution in [3.63, 3.8) is 0 Å². The standard InChI is InChI=1S/C23H32N2O5/c1-22(2,20(28)25(6)16-10-13-18(25)19(26)27)24(4,5)23(3,21(29)30)15-14-17-11-8-7-9-12-17/h4,6-9,11-12,18H,10,13-16H2,1-3,5H3,(H,26,27)(H,29,30)/q+2. The Balaban J connectivity index is 2.41. The lowest BCUT2D eigenvalue weighted by Crippen LogP contribution is -2.76. The number of aryl methyl sites for hydroxylation is 1. The van der Waals surface area contributed by atoms with Crippen LogP contribution < -0.4 is 0 Å². The van der Waals surface area contributed by atoms with Gasteiger partial charge in [-0.2, -0.15) is 0 Å². The van der Waals surface area contributed by atoms with Gasteiger partial charge < -0.3 is 10.2 Å². The lowest BCUT2D eigenvalue weighted by Gasteiger charge is -2.52. The van der Waals surface area contributed by atoms with E-state index in [1.54, 1.807) is 13.8 Å². The van der Waals surface area contributed by atoms with Crippen molar-refractivity contribution < 1.29 is 33.6 Å². The highest BCUT2D eigenvalue weighted by Gasteiger charge is 2.65. The van der Waals surface area contributed by atoms with Gasteiger partial charge in [0, 0.05) is 40.0 Å². The number of rotatable bonds is 8. The number of benzene rings is 1. The molecule has 7 nitrogen and oxygen atoms in total. The zero-order chi connectivity index (χ0) is 23.0. The van der Waals surface area contributed by atoms with Crippen LogP contribution in [0.15, 0.2) is 30.3 Å². The molecule has 1 fully saturated rings. The van der Waals surface area contributed by atoms with Crippen LogP contribution in [-0.2, 0) is 20.8 Å². The van der Waals surface area contributed by atoms with Gasteiger partial charge in [-0.25, -0.2) is 18.9 Å². The maximum atomic E-state index is 13.6. The topological polar surface area (TPSA) is 91.7 Å².